The lowest BCUT2D eigenvalue weighted by Gasteiger charge is -1.92. The molecule has 0 saturated carbocycles. The van der Waals surface area contributed by atoms with Crippen LogP contribution in [0.15, 0.2) is 29.1 Å². The molecule has 5 heteroatoms. The van der Waals surface area contributed by atoms with E-state index in [1.165, 1.54) is 11.3 Å². The lowest BCUT2D eigenvalue weighted by atomic mass is 10.2. The van der Waals surface area contributed by atoms with Gasteiger partial charge in [0.1, 0.15) is 4.70 Å². The number of fused-ring (bicyclic) bond motifs is 3. The van der Waals surface area contributed by atoms with Gasteiger partial charge in [0.15, 0.2) is 0 Å². The molecule has 1 aromatic carbocycles. The van der Waals surface area contributed by atoms with E-state index in [-0.39, 0.29) is 11.5 Å². The molecule has 0 spiro atoms. The monoisotopic (exact) mass is 217 g/mol. The minimum Gasteiger partial charge on any atom is -0.369 e. The molecule has 15 heavy (non-hydrogen) atoms. The second kappa shape index (κ2) is 2.80. The molecule has 0 amide bonds. The molecule has 0 atom stereocenters. The van der Waals surface area contributed by atoms with Gasteiger partial charge in [0, 0.05) is 10.1 Å². The number of hydrogen-bond donors (Lipinski definition) is 2. The zero-order valence-electron chi connectivity index (χ0n) is 7.65. The molecule has 0 radical (unpaired) electrons. The summed E-state index contributed by atoms with van der Waals surface area (Å²) in [5.74, 6) is 0.163. The summed E-state index contributed by atoms with van der Waals surface area (Å²) < 4.78 is 1.68. The fraction of sp³-hybridized carbons (Fsp3) is 0. The van der Waals surface area contributed by atoms with E-state index in [9.17, 15) is 4.79 Å². The van der Waals surface area contributed by atoms with Crippen molar-refractivity contribution in [3.8, 4) is 0 Å². The highest BCUT2D eigenvalue weighted by molar-refractivity contribution is 7.25. The number of rotatable bonds is 0. The zero-order chi connectivity index (χ0) is 10.4. The van der Waals surface area contributed by atoms with Crippen molar-refractivity contribution < 1.29 is 0 Å². The molecule has 3 N–H and O–H groups in total. The standard InChI is InChI=1S/C10H7N3OS/c11-10-12-7-5-3-1-2-4-6(5)15-8(7)9(14)13-10/h1-4H,(H3,11,12,13,14). The van der Waals surface area contributed by atoms with Gasteiger partial charge in [0.25, 0.3) is 5.56 Å². The van der Waals surface area contributed by atoms with Gasteiger partial charge in [-0.15, -0.1) is 11.3 Å². The van der Waals surface area contributed by atoms with E-state index < -0.39 is 0 Å². The summed E-state index contributed by atoms with van der Waals surface area (Å²) in [4.78, 5) is 18.3. The van der Waals surface area contributed by atoms with Crippen LogP contribution < -0.4 is 11.3 Å². The molecule has 3 rings (SSSR count). The highest BCUT2D eigenvalue weighted by atomic mass is 32.1. The number of benzene rings is 1. The van der Waals surface area contributed by atoms with Crippen LogP contribution in [0.4, 0.5) is 5.95 Å². The van der Waals surface area contributed by atoms with Crippen molar-refractivity contribution in [2.45, 2.75) is 0 Å². The molecule has 3 aromatic rings. The molecule has 0 bridgehead atoms. The maximum atomic E-state index is 11.6. The Bertz CT molecular complexity index is 713. The van der Waals surface area contributed by atoms with Gasteiger partial charge in [-0.1, -0.05) is 18.2 Å². The van der Waals surface area contributed by atoms with E-state index in [1.807, 2.05) is 24.3 Å². The Morgan fingerprint density at radius 1 is 1.33 bits per heavy atom. The smallest absolute Gasteiger partial charge is 0.270 e. The Kier molecular flexibility index (Phi) is 1.58. The number of anilines is 1. The van der Waals surface area contributed by atoms with Gasteiger partial charge in [-0.3, -0.25) is 9.78 Å². The van der Waals surface area contributed by atoms with E-state index in [0.29, 0.717) is 10.2 Å². The third kappa shape index (κ3) is 1.13. The molecule has 2 aromatic heterocycles. The van der Waals surface area contributed by atoms with Crippen molar-refractivity contribution >= 4 is 37.6 Å². The van der Waals surface area contributed by atoms with Gasteiger partial charge in [-0.25, -0.2) is 4.98 Å². The van der Waals surface area contributed by atoms with Crippen LogP contribution in [0.3, 0.4) is 0 Å². The minimum absolute atomic E-state index is 0.163. The summed E-state index contributed by atoms with van der Waals surface area (Å²) in [5.41, 5.74) is 6.04. The molecule has 0 aliphatic rings. The average Bonchev–Trinajstić information content (AvgIpc) is 2.57. The number of H-pyrrole nitrogens is 1. The summed E-state index contributed by atoms with van der Waals surface area (Å²) >= 11 is 1.44. The first kappa shape index (κ1) is 8.43. The van der Waals surface area contributed by atoms with Crippen molar-refractivity contribution in [3.05, 3.63) is 34.6 Å². The summed E-state index contributed by atoms with van der Waals surface area (Å²) in [5, 5.41) is 0.982. The molecular formula is C10H7N3OS. The highest BCUT2D eigenvalue weighted by Gasteiger charge is 2.09. The van der Waals surface area contributed by atoms with Crippen LogP contribution in [0.2, 0.25) is 0 Å². The molecular weight excluding hydrogens is 210 g/mol. The molecule has 0 fully saturated rings. The minimum atomic E-state index is -0.168. The fourth-order valence-electron chi connectivity index (χ4n) is 1.62. The molecule has 0 unspecified atom stereocenters. The Morgan fingerprint density at radius 3 is 3.00 bits per heavy atom. The van der Waals surface area contributed by atoms with Crippen molar-refractivity contribution in [2.24, 2.45) is 0 Å². The van der Waals surface area contributed by atoms with E-state index in [2.05, 4.69) is 9.97 Å². The lowest BCUT2D eigenvalue weighted by Crippen LogP contribution is -2.09. The highest BCUT2D eigenvalue weighted by Crippen LogP contribution is 2.29. The Labute approximate surface area is 88.4 Å². The Hall–Kier alpha value is -1.88. The van der Waals surface area contributed by atoms with Gasteiger partial charge in [-0.2, -0.15) is 0 Å². The number of thiophene rings is 1. The van der Waals surface area contributed by atoms with Crippen molar-refractivity contribution in [3.63, 3.8) is 0 Å². The van der Waals surface area contributed by atoms with Gasteiger partial charge in [-0.05, 0) is 6.07 Å². The fourth-order valence-corrected chi connectivity index (χ4v) is 2.66. The molecule has 0 saturated heterocycles. The zero-order valence-corrected chi connectivity index (χ0v) is 8.47. The van der Waals surface area contributed by atoms with Crippen LogP contribution in [-0.2, 0) is 0 Å². The van der Waals surface area contributed by atoms with Crippen LogP contribution >= 0.6 is 11.3 Å². The van der Waals surface area contributed by atoms with Crippen LogP contribution in [0.5, 0.6) is 0 Å². The summed E-state index contributed by atoms with van der Waals surface area (Å²) in [7, 11) is 0. The molecule has 74 valence electrons. The number of aromatic amines is 1. The quantitative estimate of drug-likeness (QED) is 0.602. The topological polar surface area (TPSA) is 71.8 Å². The van der Waals surface area contributed by atoms with Crippen LogP contribution in [0.25, 0.3) is 20.3 Å². The SMILES string of the molecule is Nc1nc2c(sc3ccccc32)c(=O)[nH]1. The van der Waals surface area contributed by atoms with Gasteiger partial charge in [0.2, 0.25) is 5.95 Å². The van der Waals surface area contributed by atoms with E-state index in [1.54, 1.807) is 0 Å². The molecule has 0 aliphatic carbocycles. The predicted octanol–water partition coefficient (Wildman–Crippen LogP) is 1.72. The third-order valence-electron chi connectivity index (χ3n) is 2.25. The molecule has 0 aliphatic heterocycles. The Balaban J connectivity index is 2.67. The maximum absolute atomic E-state index is 11.6. The first-order valence-corrected chi connectivity index (χ1v) is 5.24. The molecule has 4 nitrogen and oxygen atoms in total. The summed E-state index contributed by atoms with van der Waals surface area (Å²) in [6, 6.07) is 7.78. The summed E-state index contributed by atoms with van der Waals surface area (Å²) in [6.45, 7) is 0. The van der Waals surface area contributed by atoms with Crippen LogP contribution in [0.1, 0.15) is 0 Å². The maximum Gasteiger partial charge on any atom is 0.270 e. The van der Waals surface area contributed by atoms with Crippen LogP contribution in [0, 0.1) is 0 Å². The lowest BCUT2D eigenvalue weighted by molar-refractivity contribution is 1.20. The predicted molar refractivity (Wildman–Crippen MR) is 62.2 cm³/mol. The molecule has 2 heterocycles. The number of aromatic nitrogens is 2. The number of nitrogen functional groups attached to an aromatic ring is 1. The van der Waals surface area contributed by atoms with Crippen molar-refractivity contribution in [1.29, 1.82) is 0 Å². The van der Waals surface area contributed by atoms with E-state index >= 15 is 0 Å². The second-order valence-electron chi connectivity index (χ2n) is 3.23. The number of hydrogen-bond acceptors (Lipinski definition) is 4. The van der Waals surface area contributed by atoms with E-state index in [0.717, 1.165) is 10.1 Å². The summed E-state index contributed by atoms with van der Waals surface area (Å²) in [6.07, 6.45) is 0. The van der Waals surface area contributed by atoms with Gasteiger partial charge in [0.05, 0.1) is 5.52 Å². The average molecular weight is 217 g/mol. The van der Waals surface area contributed by atoms with E-state index in [4.69, 9.17) is 5.73 Å². The van der Waals surface area contributed by atoms with Crippen LogP contribution in [-0.4, -0.2) is 9.97 Å². The number of nitrogens with zero attached hydrogens (tertiary/aromatic N) is 1. The number of nitrogens with one attached hydrogen (secondary N) is 1. The third-order valence-corrected chi connectivity index (χ3v) is 3.41. The van der Waals surface area contributed by atoms with Crippen molar-refractivity contribution in [2.75, 3.05) is 5.73 Å². The normalized spacial score (nSPS) is 11.2. The first-order chi connectivity index (χ1) is 7.25. The Morgan fingerprint density at radius 2 is 2.13 bits per heavy atom. The first-order valence-electron chi connectivity index (χ1n) is 4.43. The second-order valence-corrected chi connectivity index (χ2v) is 4.28. The number of nitrogens with two attached hydrogens (primary N) is 1. The largest absolute Gasteiger partial charge is 0.369 e. The van der Waals surface area contributed by atoms with Crippen molar-refractivity contribution in [1.82, 2.24) is 9.97 Å². The van der Waals surface area contributed by atoms with Gasteiger partial charge < -0.3 is 5.73 Å². The van der Waals surface area contributed by atoms with Gasteiger partial charge >= 0.3 is 0 Å².